The van der Waals surface area contributed by atoms with Crippen LogP contribution in [0.2, 0.25) is 0 Å². The Bertz CT molecular complexity index is 887. The molecule has 0 saturated heterocycles. The number of ether oxygens (including phenoxy) is 1. The molecule has 0 unspecified atom stereocenters. The highest BCUT2D eigenvalue weighted by Gasteiger charge is 2.17. The summed E-state index contributed by atoms with van der Waals surface area (Å²) in [6.07, 6.45) is 0.371. The Balaban J connectivity index is 1.89. The molecular formula is C18H14F2N2O2S2. The lowest BCUT2D eigenvalue weighted by Gasteiger charge is -2.21. The number of anilines is 1. The molecule has 0 amide bonds. The SMILES string of the molecule is COc1ccc(CN(Sc2cc(C=O)c(F)cc2F)c2cscn2)cc1. The van der Waals surface area contributed by atoms with E-state index in [1.165, 1.54) is 17.4 Å². The van der Waals surface area contributed by atoms with Gasteiger partial charge in [-0.05, 0) is 35.7 Å². The summed E-state index contributed by atoms with van der Waals surface area (Å²) in [6, 6.07) is 9.39. The van der Waals surface area contributed by atoms with Gasteiger partial charge < -0.3 is 4.74 Å². The number of aromatic nitrogens is 1. The molecule has 0 aliphatic heterocycles. The molecule has 4 nitrogen and oxygen atoms in total. The van der Waals surface area contributed by atoms with Crippen molar-refractivity contribution in [2.24, 2.45) is 0 Å². The van der Waals surface area contributed by atoms with E-state index in [1.54, 1.807) is 16.9 Å². The number of thiazole rings is 1. The summed E-state index contributed by atoms with van der Waals surface area (Å²) in [7, 11) is 1.59. The Hall–Kier alpha value is -2.45. The average Bonchev–Trinajstić information content (AvgIpc) is 3.18. The molecule has 3 rings (SSSR count). The largest absolute Gasteiger partial charge is 0.497 e. The summed E-state index contributed by atoms with van der Waals surface area (Å²) < 4.78 is 34.6. The van der Waals surface area contributed by atoms with Gasteiger partial charge in [0.2, 0.25) is 0 Å². The number of nitrogens with zero attached hydrogens (tertiary/aromatic N) is 2. The van der Waals surface area contributed by atoms with Crippen LogP contribution in [0.25, 0.3) is 0 Å². The third kappa shape index (κ3) is 4.20. The Morgan fingerprint density at radius 2 is 2.00 bits per heavy atom. The fraction of sp³-hybridized carbons (Fsp3) is 0.111. The van der Waals surface area contributed by atoms with Gasteiger partial charge in [0, 0.05) is 11.4 Å². The maximum absolute atomic E-state index is 14.2. The fourth-order valence-corrected chi connectivity index (χ4v) is 3.79. The van der Waals surface area contributed by atoms with Crippen molar-refractivity contribution in [2.75, 3.05) is 11.4 Å². The third-order valence-corrected chi connectivity index (χ3v) is 5.17. The van der Waals surface area contributed by atoms with Crippen LogP contribution in [0.1, 0.15) is 15.9 Å². The zero-order valence-electron chi connectivity index (χ0n) is 13.7. The molecule has 1 heterocycles. The van der Waals surface area contributed by atoms with Crippen molar-refractivity contribution in [3.05, 3.63) is 70.1 Å². The molecule has 0 atom stereocenters. The predicted molar refractivity (Wildman–Crippen MR) is 98.9 cm³/mol. The number of hydrogen-bond donors (Lipinski definition) is 0. The van der Waals surface area contributed by atoms with Gasteiger partial charge in [0.1, 0.15) is 23.2 Å². The summed E-state index contributed by atoms with van der Waals surface area (Å²) >= 11 is 2.48. The molecule has 0 aliphatic carbocycles. The maximum Gasteiger partial charge on any atom is 0.153 e. The number of benzene rings is 2. The highest BCUT2D eigenvalue weighted by Crippen LogP contribution is 2.33. The highest BCUT2D eigenvalue weighted by atomic mass is 32.2. The van der Waals surface area contributed by atoms with Crippen LogP contribution < -0.4 is 9.04 Å². The molecule has 0 bridgehead atoms. The fourth-order valence-electron chi connectivity index (χ4n) is 2.21. The molecule has 2 aromatic carbocycles. The van der Waals surface area contributed by atoms with Crippen molar-refractivity contribution < 1.29 is 18.3 Å². The maximum atomic E-state index is 14.2. The smallest absolute Gasteiger partial charge is 0.153 e. The zero-order chi connectivity index (χ0) is 18.5. The monoisotopic (exact) mass is 392 g/mol. The van der Waals surface area contributed by atoms with Gasteiger partial charge in [-0.1, -0.05) is 12.1 Å². The van der Waals surface area contributed by atoms with E-state index in [2.05, 4.69) is 4.98 Å². The topological polar surface area (TPSA) is 42.4 Å². The van der Waals surface area contributed by atoms with Gasteiger partial charge in [-0.25, -0.2) is 13.8 Å². The lowest BCUT2D eigenvalue weighted by Crippen LogP contribution is -2.14. The van der Waals surface area contributed by atoms with E-state index in [0.29, 0.717) is 18.6 Å². The van der Waals surface area contributed by atoms with Crippen LogP contribution >= 0.6 is 23.3 Å². The first-order chi connectivity index (χ1) is 12.6. The van der Waals surface area contributed by atoms with Crippen molar-refractivity contribution in [3.63, 3.8) is 0 Å². The van der Waals surface area contributed by atoms with E-state index >= 15 is 0 Å². The Kier molecular flexibility index (Phi) is 5.85. The van der Waals surface area contributed by atoms with Crippen LogP contribution in [0.15, 0.2) is 52.2 Å². The summed E-state index contributed by atoms with van der Waals surface area (Å²) in [5.41, 5.74) is 2.45. The van der Waals surface area contributed by atoms with Crippen molar-refractivity contribution in [1.82, 2.24) is 4.98 Å². The molecule has 0 fully saturated rings. The molecule has 0 N–H and O–H groups in total. The second kappa shape index (κ2) is 8.29. The van der Waals surface area contributed by atoms with Crippen molar-refractivity contribution in [3.8, 4) is 5.75 Å². The van der Waals surface area contributed by atoms with Gasteiger partial charge in [0.15, 0.2) is 6.29 Å². The minimum Gasteiger partial charge on any atom is -0.497 e. The third-order valence-electron chi connectivity index (χ3n) is 3.55. The molecule has 0 saturated carbocycles. The molecule has 134 valence electrons. The number of aldehydes is 1. The Labute approximate surface area is 157 Å². The second-order valence-electron chi connectivity index (χ2n) is 5.24. The molecule has 26 heavy (non-hydrogen) atoms. The van der Waals surface area contributed by atoms with E-state index in [9.17, 15) is 13.6 Å². The van der Waals surface area contributed by atoms with Crippen molar-refractivity contribution in [1.29, 1.82) is 0 Å². The molecule has 3 aromatic rings. The molecule has 1 aromatic heterocycles. The number of methoxy groups -OCH3 is 1. The van der Waals surface area contributed by atoms with E-state index in [1.807, 2.05) is 29.6 Å². The number of carbonyl (C=O) groups is 1. The predicted octanol–water partition coefficient (Wildman–Crippen LogP) is 4.96. The summed E-state index contributed by atoms with van der Waals surface area (Å²) in [5, 5.41) is 1.83. The minimum absolute atomic E-state index is 0.148. The molecule has 0 spiro atoms. The van der Waals surface area contributed by atoms with E-state index in [0.717, 1.165) is 29.3 Å². The van der Waals surface area contributed by atoms with E-state index in [-0.39, 0.29) is 10.5 Å². The zero-order valence-corrected chi connectivity index (χ0v) is 15.3. The van der Waals surface area contributed by atoms with Gasteiger partial charge in [-0.3, -0.25) is 9.10 Å². The summed E-state index contributed by atoms with van der Waals surface area (Å²) in [6.45, 7) is 0.436. The molecular weight excluding hydrogens is 378 g/mol. The first-order valence-electron chi connectivity index (χ1n) is 7.51. The van der Waals surface area contributed by atoms with Crippen LogP contribution in [0.5, 0.6) is 5.75 Å². The molecule has 0 radical (unpaired) electrons. The standard InChI is InChI=1S/C18H14F2N2O2S2/c1-24-14-4-2-12(3-5-14)8-22(18-10-25-11-21-18)26-17-6-13(9-23)15(19)7-16(17)20/h2-7,9-11H,8H2,1H3. The first-order valence-corrected chi connectivity index (χ1v) is 9.23. The lowest BCUT2D eigenvalue weighted by molar-refractivity contribution is 0.111. The van der Waals surface area contributed by atoms with E-state index < -0.39 is 11.6 Å². The average molecular weight is 392 g/mol. The lowest BCUT2D eigenvalue weighted by atomic mass is 10.2. The quantitative estimate of drug-likeness (QED) is 0.420. The minimum atomic E-state index is -0.878. The van der Waals surface area contributed by atoms with Gasteiger partial charge in [0.05, 0.1) is 29.6 Å². The van der Waals surface area contributed by atoms with Crippen LogP contribution in [-0.4, -0.2) is 18.4 Å². The Morgan fingerprint density at radius 3 is 2.62 bits per heavy atom. The number of halogens is 2. The summed E-state index contributed by atoms with van der Waals surface area (Å²) in [4.78, 5) is 15.4. The summed E-state index contributed by atoms with van der Waals surface area (Å²) in [5.74, 6) is -0.223. The molecule has 8 heteroatoms. The van der Waals surface area contributed by atoms with Gasteiger partial charge in [-0.15, -0.1) is 11.3 Å². The van der Waals surface area contributed by atoms with Crippen molar-refractivity contribution >= 4 is 35.4 Å². The molecule has 0 aliphatic rings. The van der Waals surface area contributed by atoms with Crippen LogP contribution in [0.4, 0.5) is 14.6 Å². The van der Waals surface area contributed by atoms with Gasteiger partial charge >= 0.3 is 0 Å². The number of hydrogen-bond acceptors (Lipinski definition) is 6. The van der Waals surface area contributed by atoms with Gasteiger partial charge in [-0.2, -0.15) is 0 Å². The van der Waals surface area contributed by atoms with E-state index in [4.69, 9.17) is 4.74 Å². The normalized spacial score (nSPS) is 10.6. The Morgan fingerprint density at radius 1 is 1.23 bits per heavy atom. The van der Waals surface area contributed by atoms with Gasteiger partial charge in [0.25, 0.3) is 0 Å². The van der Waals surface area contributed by atoms with Crippen molar-refractivity contribution in [2.45, 2.75) is 11.4 Å². The second-order valence-corrected chi connectivity index (χ2v) is 7.03. The highest BCUT2D eigenvalue weighted by molar-refractivity contribution is 8.00. The first kappa shape index (κ1) is 18.3. The number of rotatable bonds is 7. The van der Waals surface area contributed by atoms with Crippen LogP contribution in [0.3, 0.4) is 0 Å². The number of carbonyl (C=O) groups excluding carboxylic acids is 1. The van der Waals surface area contributed by atoms with Crippen LogP contribution in [0, 0.1) is 11.6 Å². The van der Waals surface area contributed by atoms with Crippen LogP contribution in [-0.2, 0) is 6.54 Å².